The van der Waals surface area contributed by atoms with E-state index in [0.717, 1.165) is 19.4 Å². The summed E-state index contributed by atoms with van der Waals surface area (Å²) in [6.45, 7) is 1.14. The van der Waals surface area contributed by atoms with Crippen LogP contribution in [-0.2, 0) is 4.74 Å². The Morgan fingerprint density at radius 3 is 3.25 bits per heavy atom. The van der Waals surface area contributed by atoms with Crippen molar-refractivity contribution in [2.24, 2.45) is 0 Å². The lowest BCUT2D eigenvalue weighted by Gasteiger charge is -2.12. The summed E-state index contributed by atoms with van der Waals surface area (Å²) in [6, 6.07) is 1.42. The van der Waals surface area contributed by atoms with Gasteiger partial charge in [0.05, 0.1) is 12.3 Å². The van der Waals surface area contributed by atoms with Crippen molar-refractivity contribution in [3.63, 3.8) is 0 Å². The molecule has 1 aromatic heterocycles. The van der Waals surface area contributed by atoms with Gasteiger partial charge in [-0.1, -0.05) is 0 Å². The molecule has 1 aliphatic rings. The molecule has 1 fully saturated rings. The SMILES string of the molecule is O=C(O)c1ccncc1OCC1CCCO1. The molecule has 1 unspecified atom stereocenters. The van der Waals surface area contributed by atoms with Crippen LogP contribution in [0, 0.1) is 0 Å². The highest BCUT2D eigenvalue weighted by molar-refractivity contribution is 5.90. The molecule has 2 rings (SSSR count). The Labute approximate surface area is 93.0 Å². The van der Waals surface area contributed by atoms with E-state index in [2.05, 4.69) is 4.98 Å². The first kappa shape index (κ1) is 10.9. The zero-order valence-corrected chi connectivity index (χ0v) is 8.76. The Bertz CT molecular complexity index is 374. The lowest BCUT2D eigenvalue weighted by molar-refractivity contribution is 0.0628. The zero-order valence-electron chi connectivity index (χ0n) is 8.76. The summed E-state index contributed by atoms with van der Waals surface area (Å²) in [5.41, 5.74) is 0.132. The first-order valence-electron chi connectivity index (χ1n) is 5.19. The van der Waals surface area contributed by atoms with Gasteiger partial charge in [0.15, 0.2) is 5.75 Å². The molecule has 2 heterocycles. The van der Waals surface area contributed by atoms with Crippen LogP contribution in [0.2, 0.25) is 0 Å². The molecule has 5 nitrogen and oxygen atoms in total. The van der Waals surface area contributed by atoms with Crippen LogP contribution >= 0.6 is 0 Å². The second-order valence-electron chi connectivity index (χ2n) is 3.62. The van der Waals surface area contributed by atoms with Crippen LogP contribution in [0.15, 0.2) is 18.5 Å². The molecule has 1 aromatic rings. The number of hydrogen-bond donors (Lipinski definition) is 1. The van der Waals surface area contributed by atoms with E-state index in [4.69, 9.17) is 14.6 Å². The van der Waals surface area contributed by atoms with E-state index in [1.54, 1.807) is 0 Å². The van der Waals surface area contributed by atoms with Crippen LogP contribution in [0.3, 0.4) is 0 Å². The van der Waals surface area contributed by atoms with Gasteiger partial charge in [-0.15, -0.1) is 0 Å². The number of carbonyl (C=O) groups is 1. The maximum absolute atomic E-state index is 10.9. The van der Waals surface area contributed by atoms with Crippen LogP contribution < -0.4 is 4.74 Å². The van der Waals surface area contributed by atoms with Gasteiger partial charge in [0, 0.05) is 12.8 Å². The van der Waals surface area contributed by atoms with E-state index in [1.165, 1.54) is 18.5 Å². The molecule has 0 amide bonds. The number of nitrogens with zero attached hydrogens (tertiary/aromatic N) is 1. The number of carboxylic acid groups (broad SMARTS) is 1. The number of aromatic nitrogens is 1. The predicted octanol–water partition coefficient (Wildman–Crippen LogP) is 1.34. The molecule has 0 radical (unpaired) electrons. The van der Waals surface area contributed by atoms with Crippen LogP contribution in [0.5, 0.6) is 5.75 Å². The van der Waals surface area contributed by atoms with Gasteiger partial charge in [-0.2, -0.15) is 0 Å². The van der Waals surface area contributed by atoms with Crippen molar-refractivity contribution >= 4 is 5.97 Å². The molecule has 1 aliphatic heterocycles. The highest BCUT2D eigenvalue weighted by Gasteiger charge is 2.18. The van der Waals surface area contributed by atoms with E-state index in [-0.39, 0.29) is 11.7 Å². The highest BCUT2D eigenvalue weighted by Crippen LogP contribution is 2.19. The molecule has 0 aliphatic carbocycles. The van der Waals surface area contributed by atoms with Crippen LogP contribution in [0.4, 0.5) is 0 Å². The normalized spacial score (nSPS) is 19.6. The van der Waals surface area contributed by atoms with E-state index < -0.39 is 5.97 Å². The molecule has 1 saturated heterocycles. The summed E-state index contributed by atoms with van der Waals surface area (Å²) in [7, 11) is 0. The third kappa shape index (κ3) is 2.49. The summed E-state index contributed by atoms with van der Waals surface area (Å²) in [5, 5.41) is 8.92. The Hall–Kier alpha value is -1.62. The summed E-state index contributed by atoms with van der Waals surface area (Å²) in [4.78, 5) is 14.7. The van der Waals surface area contributed by atoms with Gasteiger partial charge in [-0.3, -0.25) is 4.98 Å². The monoisotopic (exact) mass is 223 g/mol. The first-order chi connectivity index (χ1) is 7.77. The van der Waals surface area contributed by atoms with Gasteiger partial charge in [0.1, 0.15) is 12.2 Å². The molecule has 0 saturated carbocycles. The van der Waals surface area contributed by atoms with Gasteiger partial charge < -0.3 is 14.6 Å². The van der Waals surface area contributed by atoms with E-state index in [0.29, 0.717) is 12.4 Å². The second-order valence-corrected chi connectivity index (χ2v) is 3.62. The molecular weight excluding hydrogens is 210 g/mol. The molecule has 0 spiro atoms. The zero-order chi connectivity index (χ0) is 11.4. The minimum atomic E-state index is -1.01. The van der Waals surface area contributed by atoms with Gasteiger partial charge in [-0.05, 0) is 18.9 Å². The fourth-order valence-electron chi connectivity index (χ4n) is 1.63. The van der Waals surface area contributed by atoms with Gasteiger partial charge >= 0.3 is 5.97 Å². The lowest BCUT2D eigenvalue weighted by Crippen LogP contribution is -2.17. The topological polar surface area (TPSA) is 68.7 Å². The summed E-state index contributed by atoms with van der Waals surface area (Å²) in [6.07, 6.45) is 4.91. The summed E-state index contributed by atoms with van der Waals surface area (Å²) < 4.78 is 10.8. The van der Waals surface area contributed by atoms with Gasteiger partial charge in [-0.25, -0.2) is 4.79 Å². The van der Waals surface area contributed by atoms with E-state index in [9.17, 15) is 4.79 Å². The van der Waals surface area contributed by atoms with Crippen LogP contribution in [0.1, 0.15) is 23.2 Å². The van der Waals surface area contributed by atoms with E-state index in [1.807, 2.05) is 0 Å². The summed E-state index contributed by atoms with van der Waals surface area (Å²) >= 11 is 0. The number of rotatable bonds is 4. The second kappa shape index (κ2) is 4.94. The highest BCUT2D eigenvalue weighted by atomic mass is 16.5. The first-order valence-corrected chi connectivity index (χ1v) is 5.19. The fraction of sp³-hybridized carbons (Fsp3) is 0.455. The van der Waals surface area contributed by atoms with Crippen molar-refractivity contribution in [2.45, 2.75) is 18.9 Å². The Kier molecular flexibility index (Phi) is 3.36. The number of ether oxygens (including phenoxy) is 2. The molecule has 0 bridgehead atoms. The quantitative estimate of drug-likeness (QED) is 0.834. The molecule has 5 heteroatoms. The van der Waals surface area contributed by atoms with Crippen LogP contribution in [0.25, 0.3) is 0 Å². The average Bonchev–Trinajstić information content (AvgIpc) is 2.79. The van der Waals surface area contributed by atoms with Crippen molar-refractivity contribution in [3.05, 3.63) is 24.0 Å². The van der Waals surface area contributed by atoms with E-state index >= 15 is 0 Å². The number of pyridine rings is 1. The standard InChI is InChI=1S/C11H13NO4/c13-11(14)9-3-4-12-6-10(9)16-7-8-2-1-5-15-8/h3-4,6,8H,1-2,5,7H2,(H,13,14). The van der Waals surface area contributed by atoms with Gasteiger partial charge in [0.2, 0.25) is 0 Å². The minimum Gasteiger partial charge on any atom is -0.488 e. The Morgan fingerprint density at radius 1 is 1.69 bits per heavy atom. The number of aromatic carboxylic acids is 1. The number of hydrogen-bond acceptors (Lipinski definition) is 4. The third-order valence-electron chi connectivity index (χ3n) is 2.46. The smallest absolute Gasteiger partial charge is 0.339 e. The predicted molar refractivity (Wildman–Crippen MR) is 55.7 cm³/mol. The summed E-state index contributed by atoms with van der Waals surface area (Å²) in [5.74, 6) is -0.713. The largest absolute Gasteiger partial charge is 0.488 e. The maximum Gasteiger partial charge on any atom is 0.339 e. The minimum absolute atomic E-state index is 0.0712. The van der Waals surface area contributed by atoms with Crippen molar-refractivity contribution in [2.75, 3.05) is 13.2 Å². The molecule has 86 valence electrons. The van der Waals surface area contributed by atoms with Crippen LogP contribution in [-0.4, -0.2) is 35.4 Å². The van der Waals surface area contributed by atoms with Crippen molar-refractivity contribution < 1.29 is 19.4 Å². The molecule has 1 atom stereocenters. The molecular formula is C11H13NO4. The molecule has 1 N–H and O–H groups in total. The van der Waals surface area contributed by atoms with Crippen molar-refractivity contribution in [1.82, 2.24) is 4.98 Å². The van der Waals surface area contributed by atoms with Crippen molar-refractivity contribution in [3.8, 4) is 5.75 Å². The molecule has 0 aromatic carbocycles. The van der Waals surface area contributed by atoms with Gasteiger partial charge in [0.25, 0.3) is 0 Å². The lowest BCUT2D eigenvalue weighted by atomic mass is 10.2. The average molecular weight is 223 g/mol. The van der Waals surface area contributed by atoms with Crippen molar-refractivity contribution in [1.29, 1.82) is 0 Å². The Balaban J connectivity index is 2.00. The Morgan fingerprint density at radius 2 is 2.56 bits per heavy atom. The third-order valence-corrected chi connectivity index (χ3v) is 2.46. The number of carboxylic acids is 1. The molecule has 16 heavy (non-hydrogen) atoms. The maximum atomic E-state index is 10.9. The fourth-order valence-corrected chi connectivity index (χ4v) is 1.63.